The Bertz CT molecular complexity index is 656. The Hall–Kier alpha value is -1.71. The van der Waals surface area contributed by atoms with Crippen molar-refractivity contribution in [2.24, 2.45) is 0 Å². The number of nitrogens with one attached hydrogen (secondary N) is 1. The maximum absolute atomic E-state index is 12.2. The molecule has 0 aromatic heterocycles. The first kappa shape index (κ1) is 14.7. The number of halogens is 2. The van der Waals surface area contributed by atoms with Crippen LogP contribution in [0.2, 0.25) is 10.0 Å². The van der Waals surface area contributed by atoms with E-state index in [9.17, 15) is 4.79 Å². The molecule has 0 aliphatic rings. The van der Waals surface area contributed by atoms with Crippen LogP contribution in [0.1, 0.15) is 22.8 Å². The molecule has 0 aliphatic heterocycles. The number of benzene rings is 2. The van der Waals surface area contributed by atoms with E-state index in [4.69, 9.17) is 28.9 Å². The zero-order valence-corrected chi connectivity index (χ0v) is 12.4. The topological polar surface area (TPSA) is 55.1 Å². The second kappa shape index (κ2) is 6.16. The zero-order chi connectivity index (χ0) is 14.7. The molecule has 0 bridgehead atoms. The van der Waals surface area contributed by atoms with Crippen molar-refractivity contribution in [2.75, 3.05) is 11.1 Å². The minimum Gasteiger partial charge on any atom is -0.398 e. The largest absolute Gasteiger partial charge is 0.398 e. The van der Waals surface area contributed by atoms with Crippen molar-refractivity contribution in [1.82, 2.24) is 0 Å². The van der Waals surface area contributed by atoms with Gasteiger partial charge in [0.15, 0.2) is 0 Å². The lowest BCUT2D eigenvalue weighted by atomic mass is 10.1. The number of hydrogen-bond acceptors (Lipinski definition) is 2. The highest BCUT2D eigenvalue weighted by molar-refractivity contribution is 6.33. The van der Waals surface area contributed by atoms with Gasteiger partial charge in [0.2, 0.25) is 0 Å². The molecular weight excluding hydrogens is 295 g/mol. The molecule has 0 atom stereocenters. The molecule has 0 aliphatic carbocycles. The van der Waals surface area contributed by atoms with E-state index in [0.717, 1.165) is 17.7 Å². The average molecular weight is 309 g/mol. The third-order valence-corrected chi connectivity index (χ3v) is 3.53. The maximum atomic E-state index is 12.2. The van der Waals surface area contributed by atoms with E-state index in [1.807, 2.05) is 13.0 Å². The second-order valence-corrected chi connectivity index (χ2v) is 5.19. The van der Waals surface area contributed by atoms with E-state index in [-0.39, 0.29) is 5.91 Å². The average Bonchev–Trinajstić information content (AvgIpc) is 2.43. The predicted molar refractivity (Wildman–Crippen MR) is 84.6 cm³/mol. The van der Waals surface area contributed by atoms with Gasteiger partial charge in [-0.1, -0.05) is 30.1 Å². The summed E-state index contributed by atoms with van der Waals surface area (Å²) in [7, 11) is 0. The minimum absolute atomic E-state index is 0.231. The molecule has 0 fully saturated rings. The van der Waals surface area contributed by atoms with E-state index in [1.165, 1.54) is 0 Å². The number of nitrogen functional groups attached to an aromatic ring is 1. The second-order valence-electron chi connectivity index (χ2n) is 4.35. The molecule has 0 unspecified atom stereocenters. The molecule has 1 amide bonds. The summed E-state index contributed by atoms with van der Waals surface area (Å²) in [6.45, 7) is 2.00. The number of aryl methyl sites for hydroxylation is 1. The summed E-state index contributed by atoms with van der Waals surface area (Å²) < 4.78 is 0. The third-order valence-electron chi connectivity index (χ3n) is 2.95. The fraction of sp³-hybridized carbons (Fsp3) is 0.133. The Morgan fingerprint density at radius 3 is 2.60 bits per heavy atom. The third kappa shape index (κ3) is 3.24. The summed E-state index contributed by atoms with van der Waals surface area (Å²) >= 11 is 11.8. The maximum Gasteiger partial charge on any atom is 0.255 e. The standard InChI is InChI=1S/C15H14Cl2N2O/c1-2-9-7-11(16)4-6-14(9)19-15(20)10-3-5-12(17)13(18)8-10/h3-8H,2,18H2,1H3,(H,19,20). The minimum atomic E-state index is -0.231. The SMILES string of the molecule is CCc1cc(Cl)ccc1NC(=O)c1ccc(Cl)c(N)c1. The van der Waals surface area contributed by atoms with Gasteiger partial charge in [0.05, 0.1) is 10.7 Å². The molecule has 20 heavy (non-hydrogen) atoms. The predicted octanol–water partition coefficient (Wildman–Crippen LogP) is 4.39. The van der Waals surface area contributed by atoms with Crippen molar-refractivity contribution in [3.8, 4) is 0 Å². The quantitative estimate of drug-likeness (QED) is 0.826. The van der Waals surface area contributed by atoms with Crippen LogP contribution in [0.25, 0.3) is 0 Å². The van der Waals surface area contributed by atoms with Crippen molar-refractivity contribution in [3.05, 3.63) is 57.6 Å². The van der Waals surface area contributed by atoms with Gasteiger partial charge < -0.3 is 11.1 Å². The number of carbonyl (C=O) groups is 1. The molecule has 3 N–H and O–H groups in total. The van der Waals surface area contributed by atoms with Crippen LogP contribution in [-0.2, 0) is 6.42 Å². The van der Waals surface area contributed by atoms with Gasteiger partial charge in [-0.25, -0.2) is 0 Å². The number of hydrogen-bond donors (Lipinski definition) is 2. The van der Waals surface area contributed by atoms with Crippen LogP contribution >= 0.6 is 23.2 Å². The number of amides is 1. The van der Waals surface area contributed by atoms with E-state index < -0.39 is 0 Å². The highest BCUT2D eigenvalue weighted by atomic mass is 35.5. The van der Waals surface area contributed by atoms with Gasteiger partial charge in [0.25, 0.3) is 5.91 Å². The molecule has 0 heterocycles. The fourth-order valence-electron chi connectivity index (χ4n) is 1.86. The lowest BCUT2D eigenvalue weighted by Crippen LogP contribution is -2.13. The Morgan fingerprint density at radius 2 is 1.95 bits per heavy atom. The molecule has 0 saturated heterocycles. The van der Waals surface area contributed by atoms with Crippen molar-refractivity contribution < 1.29 is 4.79 Å². The summed E-state index contributed by atoms with van der Waals surface area (Å²) in [5, 5.41) is 3.94. The molecule has 2 aromatic carbocycles. The van der Waals surface area contributed by atoms with Gasteiger partial charge in [-0.2, -0.15) is 0 Å². The van der Waals surface area contributed by atoms with Crippen LogP contribution in [0.15, 0.2) is 36.4 Å². The summed E-state index contributed by atoms with van der Waals surface area (Å²) in [4.78, 5) is 12.2. The molecule has 3 nitrogen and oxygen atoms in total. The van der Waals surface area contributed by atoms with E-state index >= 15 is 0 Å². The number of anilines is 2. The number of carbonyl (C=O) groups excluding carboxylic acids is 1. The van der Waals surface area contributed by atoms with E-state index in [2.05, 4.69) is 5.32 Å². The first-order chi connectivity index (χ1) is 9.51. The summed E-state index contributed by atoms with van der Waals surface area (Å²) in [6, 6.07) is 10.2. The van der Waals surface area contributed by atoms with Crippen molar-refractivity contribution >= 4 is 40.5 Å². The summed E-state index contributed by atoms with van der Waals surface area (Å²) in [5.41, 5.74) is 8.27. The van der Waals surface area contributed by atoms with Crippen LogP contribution in [0, 0.1) is 0 Å². The van der Waals surface area contributed by atoms with E-state index in [1.54, 1.807) is 30.3 Å². The van der Waals surface area contributed by atoms with Gasteiger partial charge in [-0.15, -0.1) is 0 Å². The Labute approximate surface area is 127 Å². The van der Waals surface area contributed by atoms with Gasteiger partial charge in [0, 0.05) is 16.3 Å². The highest BCUT2D eigenvalue weighted by Gasteiger charge is 2.10. The van der Waals surface area contributed by atoms with Crippen LogP contribution in [0.5, 0.6) is 0 Å². The summed E-state index contributed by atoms with van der Waals surface area (Å²) in [5.74, 6) is -0.231. The molecular formula is C15H14Cl2N2O. The Kier molecular flexibility index (Phi) is 4.53. The highest BCUT2D eigenvalue weighted by Crippen LogP contribution is 2.23. The van der Waals surface area contributed by atoms with Gasteiger partial charge in [-0.3, -0.25) is 4.79 Å². The normalized spacial score (nSPS) is 10.3. The number of nitrogens with two attached hydrogens (primary N) is 1. The summed E-state index contributed by atoms with van der Waals surface area (Å²) in [6.07, 6.45) is 0.777. The lowest BCUT2D eigenvalue weighted by Gasteiger charge is -2.11. The van der Waals surface area contributed by atoms with E-state index in [0.29, 0.717) is 21.3 Å². The first-order valence-electron chi connectivity index (χ1n) is 6.16. The van der Waals surface area contributed by atoms with Crippen molar-refractivity contribution in [2.45, 2.75) is 13.3 Å². The van der Waals surface area contributed by atoms with Crippen LogP contribution in [-0.4, -0.2) is 5.91 Å². The molecule has 0 spiro atoms. The fourth-order valence-corrected chi connectivity index (χ4v) is 2.17. The van der Waals surface area contributed by atoms with Gasteiger partial charge in [-0.05, 0) is 48.4 Å². The zero-order valence-electron chi connectivity index (χ0n) is 10.9. The molecule has 5 heteroatoms. The van der Waals surface area contributed by atoms with Gasteiger partial charge in [0.1, 0.15) is 0 Å². The van der Waals surface area contributed by atoms with Crippen LogP contribution in [0.4, 0.5) is 11.4 Å². The Morgan fingerprint density at radius 1 is 1.20 bits per heavy atom. The first-order valence-corrected chi connectivity index (χ1v) is 6.91. The molecule has 0 radical (unpaired) electrons. The van der Waals surface area contributed by atoms with Crippen LogP contribution < -0.4 is 11.1 Å². The number of rotatable bonds is 3. The molecule has 104 valence electrons. The van der Waals surface area contributed by atoms with Crippen molar-refractivity contribution in [3.63, 3.8) is 0 Å². The Balaban J connectivity index is 2.25. The molecule has 2 aromatic rings. The monoisotopic (exact) mass is 308 g/mol. The lowest BCUT2D eigenvalue weighted by molar-refractivity contribution is 0.102. The van der Waals surface area contributed by atoms with Crippen molar-refractivity contribution in [1.29, 1.82) is 0 Å². The molecule has 0 saturated carbocycles. The van der Waals surface area contributed by atoms with Gasteiger partial charge >= 0.3 is 0 Å². The van der Waals surface area contributed by atoms with Crippen LogP contribution in [0.3, 0.4) is 0 Å². The smallest absolute Gasteiger partial charge is 0.255 e. The molecule has 2 rings (SSSR count).